The van der Waals surface area contributed by atoms with Crippen LogP contribution in [0.2, 0.25) is 0 Å². The van der Waals surface area contributed by atoms with Gasteiger partial charge in [-0.1, -0.05) is 30.3 Å². The van der Waals surface area contributed by atoms with E-state index in [-0.39, 0.29) is 5.91 Å². The maximum atomic E-state index is 12.9. The van der Waals surface area contributed by atoms with Crippen LogP contribution < -0.4 is 10.1 Å². The summed E-state index contributed by atoms with van der Waals surface area (Å²) < 4.78 is 5.76. The molecular weight excluding hydrogens is 336 g/mol. The Morgan fingerprint density at radius 1 is 1.04 bits per heavy atom. The Bertz CT molecular complexity index is 985. The van der Waals surface area contributed by atoms with Crippen molar-refractivity contribution in [2.75, 3.05) is 32.6 Å². The molecule has 0 atom stereocenters. The number of benzene rings is 3. The van der Waals surface area contributed by atoms with Gasteiger partial charge in [0.15, 0.2) is 0 Å². The molecule has 0 saturated heterocycles. The summed E-state index contributed by atoms with van der Waals surface area (Å²) in [6.45, 7) is 1.45. The third kappa shape index (κ3) is 3.67. The van der Waals surface area contributed by atoms with Crippen molar-refractivity contribution in [1.29, 1.82) is 0 Å². The Kier molecular flexibility index (Phi) is 4.82. The molecule has 3 aromatic carbocycles. The van der Waals surface area contributed by atoms with Gasteiger partial charge in [-0.15, -0.1) is 0 Å². The highest BCUT2D eigenvalue weighted by Crippen LogP contribution is 2.33. The lowest BCUT2D eigenvalue weighted by Gasteiger charge is -2.13. The van der Waals surface area contributed by atoms with E-state index < -0.39 is 0 Å². The van der Waals surface area contributed by atoms with Gasteiger partial charge in [0.05, 0.1) is 0 Å². The zero-order chi connectivity index (χ0) is 18.8. The van der Waals surface area contributed by atoms with Gasteiger partial charge in [-0.3, -0.25) is 4.79 Å². The molecule has 0 bridgehead atoms. The first kappa shape index (κ1) is 17.6. The van der Waals surface area contributed by atoms with Crippen LogP contribution in [0.4, 0.5) is 5.69 Å². The quantitative estimate of drug-likeness (QED) is 0.719. The number of nitrogens with one attached hydrogen (secondary N) is 1. The topological polar surface area (TPSA) is 41.6 Å². The van der Waals surface area contributed by atoms with Gasteiger partial charge in [0.25, 0.3) is 5.91 Å². The van der Waals surface area contributed by atoms with Gasteiger partial charge < -0.3 is 15.0 Å². The monoisotopic (exact) mass is 360 g/mol. The van der Waals surface area contributed by atoms with Gasteiger partial charge in [-0.2, -0.15) is 0 Å². The van der Waals surface area contributed by atoms with Crippen molar-refractivity contribution in [3.63, 3.8) is 0 Å². The molecule has 1 aliphatic carbocycles. The molecule has 1 amide bonds. The zero-order valence-electron chi connectivity index (χ0n) is 15.8. The summed E-state index contributed by atoms with van der Waals surface area (Å²) in [5, 5.41) is 5.32. The Hall–Kier alpha value is -2.85. The van der Waals surface area contributed by atoms with Crippen molar-refractivity contribution in [3.8, 4) is 5.75 Å². The van der Waals surface area contributed by atoms with Gasteiger partial charge in [-0.25, -0.2) is 0 Å². The third-order valence-electron chi connectivity index (χ3n) is 5.02. The summed E-state index contributed by atoms with van der Waals surface area (Å²) in [6.07, 6.45) is 2.12. The molecule has 0 aliphatic heterocycles. The summed E-state index contributed by atoms with van der Waals surface area (Å²) >= 11 is 0. The van der Waals surface area contributed by atoms with Gasteiger partial charge >= 0.3 is 0 Å². The molecule has 0 unspecified atom stereocenters. The second-order valence-electron chi connectivity index (χ2n) is 7.25. The lowest BCUT2D eigenvalue weighted by atomic mass is 9.99. The molecule has 1 N–H and O–H groups in total. The SMILES string of the molecule is CN(C)CCOc1cccc(NC(=O)c2ccc3c4c(cccc24)CC3)c1. The number of ether oxygens (including phenoxy) is 1. The minimum absolute atomic E-state index is 0.0870. The fourth-order valence-corrected chi connectivity index (χ4v) is 3.65. The van der Waals surface area contributed by atoms with Crippen molar-refractivity contribution in [1.82, 2.24) is 4.90 Å². The number of hydrogen-bond donors (Lipinski definition) is 1. The Balaban J connectivity index is 1.54. The number of anilines is 1. The van der Waals surface area contributed by atoms with E-state index in [1.54, 1.807) is 0 Å². The normalized spacial score (nSPS) is 12.6. The predicted molar refractivity (Wildman–Crippen MR) is 110 cm³/mol. The molecule has 0 spiro atoms. The van der Waals surface area contributed by atoms with E-state index in [1.165, 1.54) is 16.5 Å². The Morgan fingerprint density at radius 3 is 2.63 bits per heavy atom. The summed E-state index contributed by atoms with van der Waals surface area (Å²) in [7, 11) is 4.02. The molecule has 27 heavy (non-hydrogen) atoms. The molecule has 4 nitrogen and oxygen atoms in total. The maximum absolute atomic E-state index is 12.9. The number of rotatable bonds is 6. The second kappa shape index (κ2) is 7.41. The molecule has 0 radical (unpaired) electrons. The first-order valence-electron chi connectivity index (χ1n) is 9.34. The summed E-state index contributed by atoms with van der Waals surface area (Å²) in [5.41, 5.74) is 4.14. The molecule has 138 valence electrons. The van der Waals surface area contributed by atoms with Crippen LogP contribution >= 0.6 is 0 Å². The number of likely N-dealkylation sites (N-methyl/N-ethyl adjacent to an activating group) is 1. The van der Waals surface area contributed by atoms with Gasteiger partial charge in [0.2, 0.25) is 0 Å². The highest BCUT2D eigenvalue weighted by molar-refractivity contribution is 6.14. The number of aryl methyl sites for hydroxylation is 2. The van der Waals surface area contributed by atoms with Crippen molar-refractivity contribution < 1.29 is 9.53 Å². The summed E-state index contributed by atoms with van der Waals surface area (Å²) in [5.74, 6) is 0.672. The molecule has 0 heterocycles. The van der Waals surface area contributed by atoms with Crippen LogP contribution in [0.1, 0.15) is 21.5 Å². The van der Waals surface area contributed by atoms with Crippen LogP contribution in [0.15, 0.2) is 54.6 Å². The minimum atomic E-state index is -0.0870. The molecule has 0 saturated carbocycles. The molecule has 4 rings (SSSR count). The van der Waals surface area contributed by atoms with E-state index in [1.807, 2.05) is 56.6 Å². The molecule has 3 aromatic rings. The number of hydrogen-bond acceptors (Lipinski definition) is 3. The zero-order valence-corrected chi connectivity index (χ0v) is 15.8. The van der Waals surface area contributed by atoms with Gasteiger partial charge in [-0.05, 0) is 67.0 Å². The third-order valence-corrected chi connectivity index (χ3v) is 5.02. The van der Waals surface area contributed by atoms with E-state index in [4.69, 9.17) is 4.74 Å². The van der Waals surface area contributed by atoms with Crippen LogP contribution in [0.5, 0.6) is 5.75 Å². The lowest BCUT2D eigenvalue weighted by molar-refractivity contribution is 0.102. The number of amides is 1. The minimum Gasteiger partial charge on any atom is -0.492 e. The standard InChI is InChI=1S/C23H24N2O2/c1-25(2)13-14-27-19-7-4-6-18(15-19)24-23(26)21-12-11-17-10-9-16-5-3-8-20(21)22(16)17/h3-8,11-12,15H,9-10,13-14H2,1-2H3,(H,24,26). The highest BCUT2D eigenvalue weighted by Gasteiger charge is 2.18. The van der Waals surface area contributed by atoms with E-state index in [2.05, 4.69) is 22.3 Å². The lowest BCUT2D eigenvalue weighted by Crippen LogP contribution is -2.19. The predicted octanol–water partition coefficient (Wildman–Crippen LogP) is 4.13. The van der Waals surface area contributed by atoms with Crippen molar-refractivity contribution >= 4 is 22.4 Å². The van der Waals surface area contributed by atoms with Crippen molar-refractivity contribution in [2.24, 2.45) is 0 Å². The fourth-order valence-electron chi connectivity index (χ4n) is 3.65. The molecular formula is C23H24N2O2. The maximum Gasteiger partial charge on any atom is 0.256 e. The summed E-state index contributed by atoms with van der Waals surface area (Å²) in [4.78, 5) is 15.0. The van der Waals surface area contributed by atoms with Gasteiger partial charge in [0.1, 0.15) is 12.4 Å². The van der Waals surface area contributed by atoms with E-state index in [9.17, 15) is 4.79 Å². The fraction of sp³-hybridized carbons (Fsp3) is 0.261. The molecule has 0 fully saturated rings. The van der Waals surface area contributed by atoms with E-state index in [0.29, 0.717) is 6.61 Å². The van der Waals surface area contributed by atoms with Crippen LogP contribution in [-0.4, -0.2) is 38.1 Å². The smallest absolute Gasteiger partial charge is 0.256 e. The first-order valence-corrected chi connectivity index (χ1v) is 9.34. The average molecular weight is 360 g/mol. The largest absolute Gasteiger partial charge is 0.492 e. The Morgan fingerprint density at radius 2 is 1.81 bits per heavy atom. The van der Waals surface area contributed by atoms with Crippen LogP contribution in [0, 0.1) is 0 Å². The number of carbonyl (C=O) groups excluding carboxylic acids is 1. The Labute approximate surface area is 159 Å². The van der Waals surface area contributed by atoms with Gasteiger partial charge in [0, 0.05) is 23.9 Å². The molecule has 1 aliphatic rings. The molecule has 4 heteroatoms. The number of carbonyl (C=O) groups is 1. The molecule has 0 aromatic heterocycles. The summed E-state index contributed by atoms with van der Waals surface area (Å²) in [6, 6.07) is 17.8. The average Bonchev–Trinajstić information content (AvgIpc) is 3.07. The van der Waals surface area contributed by atoms with Crippen LogP contribution in [-0.2, 0) is 12.8 Å². The van der Waals surface area contributed by atoms with Crippen molar-refractivity contribution in [3.05, 3.63) is 71.3 Å². The van der Waals surface area contributed by atoms with E-state index >= 15 is 0 Å². The van der Waals surface area contributed by atoms with Crippen LogP contribution in [0.3, 0.4) is 0 Å². The first-order chi connectivity index (χ1) is 13.1. The number of nitrogens with zero attached hydrogens (tertiary/aromatic N) is 1. The van der Waals surface area contributed by atoms with E-state index in [0.717, 1.165) is 41.8 Å². The highest BCUT2D eigenvalue weighted by atomic mass is 16.5. The van der Waals surface area contributed by atoms with Crippen LogP contribution in [0.25, 0.3) is 10.8 Å². The van der Waals surface area contributed by atoms with Crippen molar-refractivity contribution in [2.45, 2.75) is 12.8 Å². The second-order valence-corrected chi connectivity index (χ2v) is 7.25.